The van der Waals surface area contributed by atoms with Crippen molar-refractivity contribution in [3.05, 3.63) is 57.6 Å². The molecule has 0 bridgehead atoms. The van der Waals surface area contributed by atoms with Crippen LogP contribution in [-0.2, 0) is 11.5 Å². The van der Waals surface area contributed by atoms with Gasteiger partial charge in [0.25, 0.3) is 0 Å². The lowest BCUT2D eigenvalue weighted by Gasteiger charge is -2.16. The summed E-state index contributed by atoms with van der Waals surface area (Å²) in [5.74, 6) is 2.90. The maximum atomic E-state index is 11.8. The van der Waals surface area contributed by atoms with Gasteiger partial charge in [-0.1, -0.05) is 12.1 Å². The maximum absolute atomic E-state index is 11.8. The Hall–Kier alpha value is -2.67. The minimum absolute atomic E-state index is 0.379. The highest BCUT2D eigenvalue weighted by molar-refractivity contribution is 7.97. The van der Waals surface area contributed by atoms with Crippen LogP contribution in [0.4, 0.5) is 9.59 Å². The summed E-state index contributed by atoms with van der Waals surface area (Å²) >= 11 is 1.82. The van der Waals surface area contributed by atoms with E-state index < -0.39 is 0 Å². The van der Waals surface area contributed by atoms with Gasteiger partial charge in [-0.25, -0.2) is 9.59 Å². The molecule has 0 aliphatic rings. The minimum atomic E-state index is -0.379. The Morgan fingerprint density at radius 3 is 1.35 bits per heavy atom. The fraction of sp³-hybridized carbons (Fsp3) is 0.417. The molecule has 6 nitrogen and oxygen atoms in total. The van der Waals surface area contributed by atoms with Crippen molar-refractivity contribution < 1.29 is 19.1 Å². The highest BCUT2D eigenvalue weighted by atomic mass is 32.2. The van der Waals surface area contributed by atoms with Gasteiger partial charge in [0, 0.05) is 39.7 Å². The number of carbonyl (C=O) groups excluding carboxylic acids is 2. The number of ether oxygens (including phenoxy) is 2. The minimum Gasteiger partial charge on any atom is -0.410 e. The van der Waals surface area contributed by atoms with Crippen LogP contribution in [0.25, 0.3) is 0 Å². The van der Waals surface area contributed by atoms with Crippen LogP contribution in [0.3, 0.4) is 0 Å². The first kappa shape index (κ1) is 24.6. The molecule has 0 atom stereocenters. The normalized spacial score (nSPS) is 10.6. The van der Waals surface area contributed by atoms with E-state index in [1.165, 1.54) is 20.9 Å². The number of aryl methyl sites for hydroxylation is 4. The highest BCUT2D eigenvalue weighted by Gasteiger charge is 2.13. The van der Waals surface area contributed by atoms with E-state index in [1.54, 1.807) is 28.2 Å². The summed E-state index contributed by atoms with van der Waals surface area (Å²) in [5, 5.41) is 0. The molecule has 0 saturated heterocycles. The van der Waals surface area contributed by atoms with Crippen molar-refractivity contribution >= 4 is 23.9 Å². The lowest BCUT2D eigenvalue weighted by Crippen LogP contribution is -2.25. The molecule has 0 radical (unpaired) electrons. The number of amides is 2. The summed E-state index contributed by atoms with van der Waals surface area (Å²) in [4.78, 5) is 26.5. The molecular weight excluding hydrogens is 412 g/mol. The van der Waals surface area contributed by atoms with Gasteiger partial charge in [-0.05, 0) is 73.2 Å². The van der Waals surface area contributed by atoms with Crippen LogP contribution < -0.4 is 9.47 Å². The third-order valence-electron chi connectivity index (χ3n) is 4.91. The Morgan fingerprint density at radius 1 is 0.677 bits per heavy atom. The molecule has 0 heterocycles. The molecule has 0 unspecified atom stereocenters. The van der Waals surface area contributed by atoms with E-state index in [0.29, 0.717) is 11.5 Å². The fourth-order valence-electron chi connectivity index (χ4n) is 2.87. The molecule has 2 amide bonds. The van der Waals surface area contributed by atoms with Gasteiger partial charge in [0.15, 0.2) is 0 Å². The van der Waals surface area contributed by atoms with Crippen LogP contribution >= 0.6 is 11.8 Å². The smallest absolute Gasteiger partial charge is 0.410 e. The Bertz CT molecular complexity index is 893. The molecule has 2 aromatic carbocycles. The molecule has 31 heavy (non-hydrogen) atoms. The van der Waals surface area contributed by atoms with Crippen LogP contribution in [0, 0.1) is 27.7 Å². The van der Waals surface area contributed by atoms with E-state index in [0.717, 1.165) is 33.8 Å². The predicted molar refractivity (Wildman–Crippen MR) is 126 cm³/mol. The van der Waals surface area contributed by atoms with Crippen LogP contribution in [0.1, 0.15) is 33.4 Å². The monoisotopic (exact) mass is 444 g/mol. The van der Waals surface area contributed by atoms with Crippen LogP contribution in [0.15, 0.2) is 24.3 Å². The third-order valence-corrected chi connectivity index (χ3v) is 5.94. The van der Waals surface area contributed by atoms with E-state index in [1.807, 2.05) is 51.6 Å². The van der Waals surface area contributed by atoms with Gasteiger partial charge in [-0.2, -0.15) is 11.8 Å². The van der Waals surface area contributed by atoms with Gasteiger partial charge in [-0.15, -0.1) is 0 Å². The van der Waals surface area contributed by atoms with Crippen molar-refractivity contribution in [3.63, 3.8) is 0 Å². The van der Waals surface area contributed by atoms with Crippen LogP contribution in [0.2, 0.25) is 0 Å². The molecule has 0 aliphatic carbocycles. The summed E-state index contributed by atoms with van der Waals surface area (Å²) in [7, 11) is 6.66. The largest absolute Gasteiger partial charge is 0.414 e. The molecule has 0 spiro atoms. The first-order valence-electron chi connectivity index (χ1n) is 10.1. The Morgan fingerprint density at radius 2 is 1.03 bits per heavy atom. The van der Waals surface area contributed by atoms with Gasteiger partial charge in [0.2, 0.25) is 0 Å². The zero-order valence-corrected chi connectivity index (χ0v) is 20.5. The summed E-state index contributed by atoms with van der Waals surface area (Å²) in [5.41, 5.74) is 6.51. The average molecular weight is 445 g/mol. The molecule has 7 heteroatoms. The van der Waals surface area contributed by atoms with Crippen molar-refractivity contribution in [3.8, 4) is 11.5 Å². The second kappa shape index (κ2) is 10.6. The first-order chi connectivity index (χ1) is 14.5. The molecule has 168 valence electrons. The third kappa shape index (κ3) is 6.66. The molecule has 2 aromatic rings. The lowest BCUT2D eigenvalue weighted by molar-refractivity contribution is 0.170. The zero-order chi connectivity index (χ0) is 23.3. The molecule has 0 saturated carbocycles. The Kier molecular flexibility index (Phi) is 8.39. The molecule has 0 fully saturated rings. The first-order valence-corrected chi connectivity index (χ1v) is 11.2. The maximum Gasteiger partial charge on any atom is 0.414 e. The summed E-state index contributed by atoms with van der Waals surface area (Å²) < 4.78 is 10.9. The van der Waals surface area contributed by atoms with Gasteiger partial charge in [0.05, 0.1) is 0 Å². The van der Waals surface area contributed by atoms with Gasteiger partial charge in [-0.3, -0.25) is 0 Å². The number of nitrogens with zero attached hydrogens (tertiary/aromatic N) is 2. The van der Waals surface area contributed by atoms with Gasteiger partial charge in [0.1, 0.15) is 11.5 Å². The molecule has 0 aliphatic heterocycles. The van der Waals surface area contributed by atoms with Crippen molar-refractivity contribution in [1.29, 1.82) is 0 Å². The number of hydrogen-bond donors (Lipinski definition) is 0. The summed E-state index contributed by atoms with van der Waals surface area (Å²) in [6.07, 6.45) is -0.759. The van der Waals surface area contributed by atoms with Gasteiger partial charge >= 0.3 is 12.2 Å². The summed E-state index contributed by atoms with van der Waals surface area (Å²) in [6.45, 7) is 7.97. The molecular formula is C24H32N2O4S. The number of benzene rings is 2. The van der Waals surface area contributed by atoms with Crippen LogP contribution in [0.5, 0.6) is 11.5 Å². The van der Waals surface area contributed by atoms with Crippen LogP contribution in [-0.4, -0.2) is 50.2 Å². The number of carbonyl (C=O) groups is 2. The lowest BCUT2D eigenvalue weighted by atomic mass is 10.1. The van der Waals surface area contributed by atoms with E-state index in [4.69, 9.17) is 9.47 Å². The molecule has 2 rings (SSSR count). The second-order valence-electron chi connectivity index (χ2n) is 8.11. The van der Waals surface area contributed by atoms with Gasteiger partial charge < -0.3 is 19.3 Å². The van der Waals surface area contributed by atoms with E-state index in [2.05, 4.69) is 12.1 Å². The molecule has 0 aromatic heterocycles. The van der Waals surface area contributed by atoms with E-state index >= 15 is 0 Å². The van der Waals surface area contributed by atoms with Crippen molar-refractivity contribution in [2.24, 2.45) is 0 Å². The quantitative estimate of drug-likeness (QED) is 0.591. The standard InChI is InChI=1S/C24H32N2O4S/c1-15-11-21(29-23(27)25(5)6)17(3)9-19(15)13-31-14-20-10-18(4)22(12-16(20)2)30-24(28)26(7)8/h9-12H,13-14H2,1-8H3. The highest BCUT2D eigenvalue weighted by Crippen LogP contribution is 2.30. The fourth-order valence-corrected chi connectivity index (χ4v) is 4.04. The Labute approximate surface area is 189 Å². The van der Waals surface area contributed by atoms with Crippen molar-refractivity contribution in [2.75, 3.05) is 28.2 Å². The number of rotatable bonds is 6. The van der Waals surface area contributed by atoms with E-state index in [9.17, 15) is 9.59 Å². The average Bonchev–Trinajstić information content (AvgIpc) is 2.68. The van der Waals surface area contributed by atoms with E-state index in [-0.39, 0.29) is 12.2 Å². The number of hydrogen-bond acceptors (Lipinski definition) is 5. The SMILES string of the molecule is Cc1cc(OC(=O)N(C)C)c(C)cc1CSCc1cc(C)c(OC(=O)N(C)C)cc1C. The van der Waals surface area contributed by atoms with Crippen molar-refractivity contribution in [2.45, 2.75) is 39.2 Å². The summed E-state index contributed by atoms with van der Waals surface area (Å²) in [6, 6.07) is 8.02. The zero-order valence-electron chi connectivity index (χ0n) is 19.7. The number of thioether (sulfide) groups is 1. The predicted octanol–water partition coefficient (Wildman–Crippen LogP) is 5.47. The Balaban J connectivity index is 2.05. The van der Waals surface area contributed by atoms with Crippen molar-refractivity contribution in [1.82, 2.24) is 9.80 Å². The second-order valence-corrected chi connectivity index (χ2v) is 9.09. The topological polar surface area (TPSA) is 59.1 Å². The molecule has 0 N–H and O–H groups in total.